The van der Waals surface area contributed by atoms with E-state index in [1.54, 1.807) is 6.92 Å². The number of rotatable bonds is 2. The molecule has 0 aliphatic carbocycles. The molecule has 5 nitrogen and oxygen atoms in total. The molecule has 0 radical (unpaired) electrons. The molecule has 0 aromatic rings. The highest BCUT2D eigenvalue weighted by Gasteiger charge is 2.11. The van der Waals surface area contributed by atoms with Crippen LogP contribution in [0.3, 0.4) is 0 Å². The molecule has 0 spiro atoms. The van der Waals surface area contributed by atoms with Crippen LogP contribution in [0.2, 0.25) is 0 Å². The summed E-state index contributed by atoms with van der Waals surface area (Å²) in [5, 5.41) is 7.98. The van der Waals surface area contributed by atoms with Crippen molar-refractivity contribution in [3.05, 3.63) is 0 Å². The van der Waals surface area contributed by atoms with E-state index < -0.39 is 18.4 Å². The largest absolute Gasteiger partial charge is 0.507 e. The number of nitrogens with two attached hydrogens (primary N) is 2. The number of hydrogen-bond donors (Lipinski definition) is 3. The van der Waals surface area contributed by atoms with Crippen LogP contribution < -0.4 is 11.5 Å². The molecule has 5 heteroatoms. The maximum absolute atomic E-state index is 9.76. The Labute approximate surface area is 52.6 Å². The van der Waals surface area contributed by atoms with Crippen molar-refractivity contribution in [2.75, 3.05) is 0 Å². The molecule has 2 atom stereocenters. The zero-order chi connectivity index (χ0) is 7.44. The van der Waals surface area contributed by atoms with Gasteiger partial charge in [0.1, 0.15) is 0 Å². The van der Waals surface area contributed by atoms with Crippen LogP contribution in [0.4, 0.5) is 4.79 Å². The summed E-state index contributed by atoms with van der Waals surface area (Å²) in [6, 6.07) is -0.471. The summed E-state index contributed by atoms with van der Waals surface area (Å²) < 4.78 is 4.08. The van der Waals surface area contributed by atoms with Crippen molar-refractivity contribution in [3.63, 3.8) is 0 Å². The van der Waals surface area contributed by atoms with Crippen LogP contribution in [-0.2, 0) is 4.74 Å². The number of carbonyl (C=O) groups is 1. The van der Waals surface area contributed by atoms with Crippen molar-refractivity contribution in [1.29, 1.82) is 0 Å². The van der Waals surface area contributed by atoms with Crippen LogP contribution in [-0.4, -0.2) is 23.5 Å². The predicted molar refractivity (Wildman–Crippen MR) is 30.7 cm³/mol. The van der Waals surface area contributed by atoms with Crippen molar-refractivity contribution >= 4 is 6.16 Å². The molecule has 0 aromatic carbocycles. The van der Waals surface area contributed by atoms with E-state index in [-0.39, 0.29) is 0 Å². The lowest BCUT2D eigenvalue weighted by Crippen LogP contribution is -2.42. The molecule has 0 aliphatic rings. The van der Waals surface area contributed by atoms with Gasteiger partial charge in [-0.05, 0) is 6.92 Å². The fourth-order valence-electron chi connectivity index (χ4n) is 0.224. The third-order valence-electron chi connectivity index (χ3n) is 0.755. The average Bonchev–Trinajstić information content (AvgIpc) is 1.63. The second-order valence-electron chi connectivity index (χ2n) is 1.71. The Morgan fingerprint density at radius 3 is 2.22 bits per heavy atom. The van der Waals surface area contributed by atoms with Gasteiger partial charge in [-0.2, -0.15) is 0 Å². The molecule has 0 aliphatic heterocycles. The molecule has 5 N–H and O–H groups in total. The van der Waals surface area contributed by atoms with Gasteiger partial charge in [0.15, 0.2) is 6.23 Å². The Morgan fingerprint density at radius 1 is 1.67 bits per heavy atom. The van der Waals surface area contributed by atoms with Gasteiger partial charge in [-0.15, -0.1) is 0 Å². The first-order chi connectivity index (χ1) is 4.04. The van der Waals surface area contributed by atoms with E-state index in [2.05, 4.69) is 4.74 Å². The molecule has 0 fully saturated rings. The SMILES string of the molecule is CC(N)C(N)OC(=O)O. The zero-order valence-electron chi connectivity index (χ0n) is 5.07. The summed E-state index contributed by atoms with van der Waals surface area (Å²) in [4.78, 5) is 9.76. The van der Waals surface area contributed by atoms with E-state index in [0.717, 1.165) is 0 Å². The third kappa shape index (κ3) is 3.75. The van der Waals surface area contributed by atoms with Gasteiger partial charge in [-0.25, -0.2) is 4.79 Å². The first-order valence-corrected chi connectivity index (χ1v) is 2.44. The lowest BCUT2D eigenvalue weighted by molar-refractivity contribution is 0.0458. The van der Waals surface area contributed by atoms with Crippen LogP contribution >= 0.6 is 0 Å². The fraction of sp³-hybridized carbons (Fsp3) is 0.750. The van der Waals surface area contributed by atoms with Crippen LogP contribution in [0.1, 0.15) is 6.92 Å². The molecule has 0 amide bonds. The van der Waals surface area contributed by atoms with Gasteiger partial charge in [0, 0.05) is 0 Å². The molecule has 54 valence electrons. The lowest BCUT2D eigenvalue weighted by atomic mass is 10.3. The Balaban J connectivity index is 3.50. The van der Waals surface area contributed by atoms with Crippen LogP contribution in [0.5, 0.6) is 0 Å². The van der Waals surface area contributed by atoms with Gasteiger partial charge in [0.25, 0.3) is 0 Å². The Bertz CT molecular complexity index is 104. The highest BCUT2D eigenvalue weighted by molar-refractivity contribution is 5.57. The Morgan fingerprint density at radius 2 is 2.11 bits per heavy atom. The molecular weight excluding hydrogens is 124 g/mol. The van der Waals surface area contributed by atoms with Gasteiger partial charge in [0.2, 0.25) is 0 Å². The molecular formula is C4H10N2O3. The first-order valence-electron chi connectivity index (χ1n) is 2.44. The summed E-state index contributed by atoms with van der Waals surface area (Å²) in [5.41, 5.74) is 10.3. The molecule has 0 saturated carbocycles. The van der Waals surface area contributed by atoms with Gasteiger partial charge in [-0.3, -0.25) is 5.73 Å². The van der Waals surface area contributed by atoms with Gasteiger partial charge < -0.3 is 15.6 Å². The van der Waals surface area contributed by atoms with Crippen molar-refractivity contribution in [1.82, 2.24) is 0 Å². The highest BCUT2D eigenvalue weighted by Crippen LogP contribution is 1.87. The normalized spacial score (nSPS) is 16.3. The fourth-order valence-corrected chi connectivity index (χ4v) is 0.224. The van der Waals surface area contributed by atoms with Crippen LogP contribution in [0, 0.1) is 0 Å². The molecule has 0 saturated heterocycles. The quantitative estimate of drug-likeness (QED) is 0.343. The van der Waals surface area contributed by atoms with Crippen molar-refractivity contribution < 1.29 is 14.6 Å². The molecule has 2 unspecified atom stereocenters. The van der Waals surface area contributed by atoms with E-state index in [0.29, 0.717) is 0 Å². The van der Waals surface area contributed by atoms with Crippen molar-refractivity contribution in [2.24, 2.45) is 11.5 Å². The van der Waals surface area contributed by atoms with Crippen molar-refractivity contribution in [2.45, 2.75) is 19.2 Å². The lowest BCUT2D eigenvalue weighted by Gasteiger charge is -2.12. The number of hydrogen-bond acceptors (Lipinski definition) is 4. The number of ether oxygens (including phenoxy) is 1. The molecule has 9 heavy (non-hydrogen) atoms. The van der Waals surface area contributed by atoms with E-state index in [1.165, 1.54) is 0 Å². The average molecular weight is 134 g/mol. The zero-order valence-corrected chi connectivity index (χ0v) is 5.07. The predicted octanol–water partition coefficient (Wildman–Crippen LogP) is -0.687. The van der Waals surface area contributed by atoms with E-state index in [9.17, 15) is 4.79 Å². The maximum Gasteiger partial charge on any atom is 0.507 e. The van der Waals surface area contributed by atoms with E-state index in [1.807, 2.05) is 0 Å². The highest BCUT2D eigenvalue weighted by atomic mass is 16.7. The molecule has 0 bridgehead atoms. The molecule has 0 rings (SSSR count). The van der Waals surface area contributed by atoms with Gasteiger partial charge in [0.05, 0.1) is 6.04 Å². The maximum atomic E-state index is 9.76. The van der Waals surface area contributed by atoms with Crippen LogP contribution in [0.15, 0.2) is 0 Å². The molecule has 0 aromatic heterocycles. The summed E-state index contributed by atoms with van der Waals surface area (Å²) in [6.07, 6.45) is -2.33. The summed E-state index contributed by atoms with van der Waals surface area (Å²) >= 11 is 0. The van der Waals surface area contributed by atoms with E-state index in [4.69, 9.17) is 16.6 Å². The Hall–Kier alpha value is -0.810. The second-order valence-corrected chi connectivity index (χ2v) is 1.71. The third-order valence-corrected chi connectivity index (χ3v) is 0.755. The standard InChI is InChI=1S/C4H10N2O3/c1-2(5)3(6)9-4(7)8/h2-3H,5-6H2,1H3,(H,7,8). The van der Waals surface area contributed by atoms with Crippen molar-refractivity contribution in [3.8, 4) is 0 Å². The summed E-state index contributed by atoms with van der Waals surface area (Å²) in [7, 11) is 0. The smallest absolute Gasteiger partial charge is 0.450 e. The van der Waals surface area contributed by atoms with Gasteiger partial charge in [-0.1, -0.05) is 0 Å². The molecule has 0 heterocycles. The minimum atomic E-state index is -1.40. The second kappa shape index (κ2) is 3.26. The van der Waals surface area contributed by atoms with E-state index >= 15 is 0 Å². The minimum absolute atomic E-state index is 0.471. The Kier molecular flexibility index (Phi) is 2.97. The summed E-state index contributed by atoms with van der Waals surface area (Å²) in [6.45, 7) is 1.56. The summed E-state index contributed by atoms with van der Waals surface area (Å²) in [5.74, 6) is 0. The minimum Gasteiger partial charge on any atom is -0.450 e. The van der Waals surface area contributed by atoms with Crippen LogP contribution in [0.25, 0.3) is 0 Å². The topological polar surface area (TPSA) is 98.6 Å². The number of carboxylic acid groups (broad SMARTS) is 1. The first kappa shape index (κ1) is 8.19. The van der Waals surface area contributed by atoms with Gasteiger partial charge >= 0.3 is 6.16 Å². The monoisotopic (exact) mass is 134 g/mol.